The van der Waals surface area contributed by atoms with Gasteiger partial charge in [0.05, 0.1) is 28.7 Å². The van der Waals surface area contributed by atoms with E-state index in [4.69, 9.17) is 9.51 Å². The number of amides is 1. The number of benzene rings is 1. The molecule has 4 rings (SSSR count). The SMILES string of the molecule is Cc1ccc(C)c2sc(N(Cc3ccccn3)C(=O)c3ccno3)nc12. The highest BCUT2D eigenvalue weighted by molar-refractivity contribution is 7.22. The first-order valence-corrected chi connectivity index (χ1v) is 8.94. The standard InChI is InChI=1S/C19H16N4O2S/c1-12-6-7-13(2)17-16(12)22-19(26-17)23(11-14-5-3-4-9-20-14)18(24)15-8-10-21-25-15/h3-10H,11H2,1-2H3. The molecule has 1 amide bonds. The molecule has 0 radical (unpaired) electrons. The summed E-state index contributed by atoms with van der Waals surface area (Å²) in [7, 11) is 0. The normalized spacial score (nSPS) is 11.0. The number of carbonyl (C=O) groups excluding carboxylic acids is 1. The Bertz CT molecular complexity index is 1020. The lowest BCUT2D eigenvalue weighted by Crippen LogP contribution is -2.30. The van der Waals surface area contributed by atoms with Gasteiger partial charge in [0.15, 0.2) is 5.13 Å². The highest BCUT2D eigenvalue weighted by Gasteiger charge is 2.25. The zero-order valence-corrected chi connectivity index (χ0v) is 15.2. The third kappa shape index (κ3) is 2.97. The van der Waals surface area contributed by atoms with Crippen LogP contribution < -0.4 is 4.90 Å². The highest BCUT2D eigenvalue weighted by atomic mass is 32.1. The molecule has 1 aromatic carbocycles. The second kappa shape index (κ2) is 6.68. The van der Waals surface area contributed by atoms with Crippen LogP contribution in [0.5, 0.6) is 0 Å². The van der Waals surface area contributed by atoms with E-state index in [2.05, 4.69) is 16.2 Å². The molecule has 130 valence electrons. The van der Waals surface area contributed by atoms with Gasteiger partial charge in [0, 0.05) is 12.3 Å². The fourth-order valence-corrected chi connectivity index (χ4v) is 3.81. The third-order valence-corrected chi connectivity index (χ3v) is 5.32. The van der Waals surface area contributed by atoms with E-state index in [9.17, 15) is 4.79 Å². The van der Waals surface area contributed by atoms with E-state index in [0.29, 0.717) is 11.7 Å². The van der Waals surface area contributed by atoms with E-state index in [1.165, 1.54) is 17.5 Å². The minimum atomic E-state index is -0.289. The predicted molar refractivity (Wildman–Crippen MR) is 100 cm³/mol. The number of anilines is 1. The van der Waals surface area contributed by atoms with Crippen molar-refractivity contribution in [3.8, 4) is 0 Å². The average molecular weight is 364 g/mol. The first-order valence-electron chi connectivity index (χ1n) is 8.12. The summed E-state index contributed by atoms with van der Waals surface area (Å²) in [5.41, 5.74) is 3.91. The summed E-state index contributed by atoms with van der Waals surface area (Å²) in [4.78, 5) is 23.6. The number of hydrogen-bond donors (Lipinski definition) is 0. The summed E-state index contributed by atoms with van der Waals surface area (Å²) < 4.78 is 6.15. The minimum Gasteiger partial charge on any atom is -0.351 e. The Morgan fingerprint density at radius 3 is 2.65 bits per heavy atom. The Balaban J connectivity index is 1.81. The molecule has 0 unspecified atom stereocenters. The molecule has 3 aromatic heterocycles. The largest absolute Gasteiger partial charge is 0.351 e. The van der Waals surface area contributed by atoms with Crippen molar-refractivity contribution in [1.29, 1.82) is 0 Å². The molecule has 0 N–H and O–H groups in total. The molecule has 0 aliphatic rings. The monoisotopic (exact) mass is 364 g/mol. The number of aryl methyl sites for hydroxylation is 2. The Morgan fingerprint density at radius 1 is 1.12 bits per heavy atom. The number of carbonyl (C=O) groups is 1. The average Bonchev–Trinajstić information content (AvgIpc) is 3.33. The van der Waals surface area contributed by atoms with Gasteiger partial charge in [-0.15, -0.1) is 0 Å². The molecule has 6 nitrogen and oxygen atoms in total. The molecular formula is C19H16N4O2S. The first-order chi connectivity index (χ1) is 12.6. The number of rotatable bonds is 4. The van der Waals surface area contributed by atoms with Gasteiger partial charge in [0.25, 0.3) is 5.91 Å². The molecular weight excluding hydrogens is 348 g/mol. The van der Waals surface area contributed by atoms with Crippen molar-refractivity contribution in [2.45, 2.75) is 20.4 Å². The lowest BCUT2D eigenvalue weighted by atomic mass is 10.1. The molecule has 3 heterocycles. The molecule has 0 saturated carbocycles. The van der Waals surface area contributed by atoms with Gasteiger partial charge in [0.1, 0.15) is 0 Å². The van der Waals surface area contributed by atoms with Gasteiger partial charge in [-0.2, -0.15) is 0 Å². The van der Waals surface area contributed by atoms with Crippen LogP contribution in [-0.2, 0) is 6.54 Å². The van der Waals surface area contributed by atoms with Gasteiger partial charge >= 0.3 is 0 Å². The van der Waals surface area contributed by atoms with Crippen LogP contribution in [0.1, 0.15) is 27.4 Å². The predicted octanol–water partition coefficient (Wildman–Crippen LogP) is 4.14. The molecule has 26 heavy (non-hydrogen) atoms. The Morgan fingerprint density at radius 2 is 1.96 bits per heavy atom. The van der Waals surface area contributed by atoms with Crippen molar-refractivity contribution in [2.75, 3.05) is 4.90 Å². The van der Waals surface area contributed by atoms with Gasteiger partial charge < -0.3 is 4.52 Å². The van der Waals surface area contributed by atoms with E-state index in [1.54, 1.807) is 17.2 Å². The minimum absolute atomic E-state index is 0.175. The van der Waals surface area contributed by atoms with Crippen LogP contribution in [0.2, 0.25) is 0 Å². The molecule has 0 spiro atoms. The highest BCUT2D eigenvalue weighted by Crippen LogP contribution is 2.34. The molecule has 0 saturated heterocycles. The van der Waals surface area contributed by atoms with Crippen LogP contribution in [0.4, 0.5) is 5.13 Å². The van der Waals surface area contributed by atoms with Crippen molar-refractivity contribution in [1.82, 2.24) is 15.1 Å². The Labute approximate surface area is 154 Å². The molecule has 0 aliphatic carbocycles. The van der Waals surface area contributed by atoms with E-state index in [-0.39, 0.29) is 11.7 Å². The van der Waals surface area contributed by atoms with Gasteiger partial charge in [-0.1, -0.05) is 34.7 Å². The third-order valence-electron chi connectivity index (χ3n) is 4.10. The van der Waals surface area contributed by atoms with Gasteiger partial charge in [-0.3, -0.25) is 14.7 Å². The fourth-order valence-electron chi connectivity index (χ4n) is 2.70. The second-order valence-corrected chi connectivity index (χ2v) is 6.94. The van der Waals surface area contributed by atoms with Crippen molar-refractivity contribution in [3.05, 3.63) is 71.4 Å². The van der Waals surface area contributed by atoms with Crippen molar-refractivity contribution in [2.24, 2.45) is 0 Å². The Kier molecular flexibility index (Phi) is 4.22. The summed E-state index contributed by atoms with van der Waals surface area (Å²) in [6, 6.07) is 11.3. The van der Waals surface area contributed by atoms with Crippen LogP contribution in [-0.4, -0.2) is 21.0 Å². The van der Waals surface area contributed by atoms with E-state index in [1.807, 2.05) is 38.1 Å². The second-order valence-electron chi connectivity index (χ2n) is 5.96. The summed E-state index contributed by atoms with van der Waals surface area (Å²) in [5.74, 6) is -0.115. The molecule has 0 bridgehead atoms. The maximum atomic E-state index is 13.0. The molecule has 0 atom stereocenters. The smallest absolute Gasteiger partial charge is 0.299 e. The molecule has 4 aromatic rings. The van der Waals surface area contributed by atoms with Crippen LogP contribution >= 0.6 is 11.3 Å². The van der Waals surface area contributed by atoms with E-state index < -0.39 is 0 Å². The lowest BCUT2D eigenvalue weighted by molar-refractivity contribution is 0.0949. The first kappa shape index (κ1) is 16.4. The van der Waals surface area contributed by atoms with Gasteiger partial charge in [-0.25, -0.2) is 4.98 Å². The Hall–Kier alpha value is -3.06. The molecule has 0 fully saturated rings. The lowest BCUT2D eigenvalue weighted by Gasteiger charge is -2.17. The number of aromatic nitrogens is 3. The summed E-state index contributed by atoms with van der Waals surface area (Å²) >= 11 is 1.50. The van der Waals surface area contributed by atoms with Crippen molar-refractivity contribution < 1.29 is 9.32 Å². The van der Waals surface area contributed by atoms with Crippen LogP contribution in [0, 0.1) is 13.8 Å². The molecule has 7 heteroatoms. The van der Waals surface area contributed by atoms with Gasteiger partial charge in [0.2, 0.25) is 5.76 Å². The summed E-state index contributed by atoms with van der Waals surface area (Å²) in [5, 5.41) is 4.26. The number of nitrogens with zero attached hydrogens (tertiary/aromatic N) is 4. The van der Waals surface area contributed by atoms with E-state index >= 15 is 0 Å². The number of fused-ring (bicyclic) bond motifs is 1. The zero-order valence-electron chi connectivity index (χ0n) is 14.3. The van der Waals surface area contributed by atoms with E-state index in [0.717, 1.165) is 27.0 Å². The maximum absolute atomic E-state index is 13.0. The number of thiazole rings is 1. The van der Waals surface area contributed by atoms with Crippen LogP contribution in [0.15, 0.2) is 53.3 Å². The zero-order chi connectivity index (χ0) is 18.1. The maximum Gasteiger partial charge on any atom is 0.299 e. The van der Waals surface area contributed by atoms with Crippen LogP contribution in [0.25, 0.3) is 10.2 Å². The van der Waals surface area contributed by atoms with Crippen LogP contribution in [0.3, 0.4) is 0 Å². The number of pyridine rings is 1. The van der Waals surface area contributed by atoms with Crippen molar-refractivity contribution >= 4 is 32.6 Å². The number of hydrogen-bond acceptors (Lipinski definition) is 6. The summed E-state index contributed by atoms with van der Waals surface area (Å²) in [6.07, 6.45) is 3.16. The summed E-state index contributed by atoms with van der Waals surface area (Å²) in [6.45, 7) is 4.37. The fraction of sp³-hybridized carbons (Fsp3) is 0.158. The van der Waals surface area contributed by atoms with Crippen molar-refractivity contribution in [3.63, 3.8) is 0 Å². The quantitative estimate of drug-likeness (QED) is 0.544. The molecule has 0 aliphatic heterocycles. The topological polar surface area (TPSA) is 72.1 Å². The van der Waals surface area contributed by atoms with Gasteiger partial charge in [-0.05, 0) is 37.1 Å².